The number of aryl methyl sites for hydroxylation is 2. The van der Waals surface area contributed by atoms with Crippen molar-refractivity contribution in [2.45, 2.75) is 6.92 Å². The van der Waals surface area contributed by atoms with Crippen LogP contribution in [0.15, 0.2) is 105 Å². The number of pyridine rings is 1. The van der Waals surface area contributed by atoms with E-state index >= 15 is 0 Å². The van der Waals surface area contributed by atoms with Crippen molar-refractivity contribution in [2.24, 2.45) is 7.05 Å². The van der Waals surface area contributed by atoms with E-state index in [9.17, 15) is 14.4 Å². The van der Waals surface area contributed by atoms with Gasteiger partial charge in [-0.15, -0.1) is 0 Å². The molecule has 7 nitrogen and oxygen atoms in total. The summed E-state index contributed by atoms with van der Waals surface area (Å²) < 4.78 is 3.89. The first-order chi connectivity index (χ1) is 16.5. The molecule has 0 spiro atoms. The van der Waals surface area contributed by atoms with Crippen LogP contribution in [0.25, 0.3) is 22.4 Å². The van der Waals surface area contributed by atoms with Gasteiger partial charge in [0, 0.05) is 18.8 Å². The number of fused-ring (bicyclic) bond motifs is 1. The number of para-hydroxylation sites is 3. The second-order valence-electron chi connectivity index (χ2n) is 8.02. The fourth-order valence-electron chi connectivity index (χ4n) is 4.12. The molecule has 0 aliphatic heterocycles. The number of hydrogen-bond acceptors (Lipinski definition) is 4. The fraction of sp³-hybridized carbons (Fsp3) is 0.0741. The molecule has 2 heterocycles. The van der Waals surface area contributed by atoms with Gasteiger partial charge in [-0.05, 0) is 42.8 Å². The highest BCUT2D eigenvalue weighted by Crippen LogP contribution is 2.25. The van der Waals surface area contributed by atoms with Crippen LogP contribution in [-0.2, 0) is 7.05 Å². The Kier molecular flexibility index (Phi) is 5.22. The van der Waals surface area contributed by atoms with Crippen molar-refractivity contribution in [3.63, 3.8) is 0 Å². The molecule has 5 aromatic rings. The minimum Gasteiger partial charge on any atom is -0.354 e. The predicted octanol–water partition coefficient (Wildman–Crippen LogP) is 3.89. The van der Waals surface area contributed by atoms with E-state index in [1.54, 1.807) is 55.6 Å². The van der Waals surface area contributed by atoms with Gasteiger partial charge in [0.2, 0.25) is 0 Å². The summed E-state index contributed by atoms with van der Waals surface area (Å²) in [6, 6.07) is 26.8. The fourth-order valence-corrected chi connectivity index (χ4v) is 4.12. The van der Waals surface area contributed by atoms with Gasteiger partial charge in [-0.2, -0.15) is 0 Å². The lowest BCUT2D eigenvalue weighted by Crippen LogP contribution is -2.40. The van der Waals surface area contributed by atoms with Crippen LogP contribution in [0, 0.1) is 6.92 Å². The van der Waals surface area contributed by atoms with Gasteiger partial charge in [-0.25, -0.2) is 13.9 Å². The highest BCUT2D eigenvalue weighted by Gasteiger charge is 2.21. The van der Waals surface area contributed by atoms with Gasteiger partial charge < -0.3 is 5.32 Å². The third-order valence-corrected chi connectivity index (χ3v) is 5.86. The Balaban J connectivity index is 1.98. The summed E-state index contributed by atoms with van der Waals surface area (Å²) in [5.41, 5.74) is 1.86. The van der Waals surface area contributed by atoms with E-state index in [0.717, 1.165) is 15.8 Å². The summed E-state index contributed by atoms with van der Waals surface area (Å²) in [6.45, 7) is 1.94. The molecular weight excluding hydrogens is 428 g/mol. The number of aromatic nitrogens is 3. The third-order valence-electron chi connectivity index (χ3n) is 5.86. The number of hydrogen-bond donors (Lipinski definition) is 1. The minimum atomic E-state index is -0.557. The first kappa shape index (κ1) is 21.2. The summed E-state index contributed by atoms with van der Waals surface area (Å²) >= 11 is 0. The molecule has 5 rings (SSSR count). The Morgan fingerprint density at radius 1 is 0.676 bits per heavy atom. The van der Waals surface area contributed by atoms with Crippen molar-refractivity contribution in [3.05, 3.63) is 128 Å². The van der Waals surface area contributed by atoms with Crippen molar-refractivity contribution >= 4 is 22.4 Å². The van der Waals surface area contributed by atoms with Crippen LogP contribution in [-0.4, -0.2) is 13.7 Å². The van der Waals surface area contributed by atoms with Crippen molar-refractivity contribution in [2.75, 3.05) is 5.32 Å². The topological polar surface area (TPSA) is 78.0 Å². The molecule has 2 aromatic heterocycles. The first-order valence-corrected chi connectivity index (χ1v) is 10.8. The molecule has 0 unspecified atom stereocenters. The van der Waals surface area contributed by atoms with E-state index in [2.05, 4.69) is 5.32 Å². The third kappa shape index (κ3) is 3.44. The second kappa shape index (κ2) is 8.37. The lowest BCUT2D eigenvalue weighted by atomic mass is 10.1. The summed E-state index contributed by atoms with van der Waals surface area (Å²) in [6.07, 6.45) is 0. The summed E-state index contributed by atoms with van der Waals surface area (Å²) in [5, 5.41) is 3.49. The van der Waals surface area contributed by atoms with Crippen molar-refractivity contribution in [1.29, 1.82) is 0 Å². The maximum Gasteiger partial charge on any atom is 0.341 e. The largest absolute Gasteiger partial charge is 0.354 e. The van der Waals surface area contributed by atoms with Gasteiger partial charge in [0.25, 0.3) is 11.1 Å². The Bertz CT molecular complexity index is 1700. The average molecular weight is 450 g/mol. The lowest BCUT2D eigenvalue weighted by molar-refractivity contribution is 0.784. The van der Waals surface area contributed by atoms with E-state index in [1.165, 1.54) is 15.2 Å². The Hall–Kier alpha value is -4.65. The molecule has 0 bridgehead atoms. The van der Waals surface area contributed by atoms with Crippen LogP contribution in [0.3, 0.4) is 0 Å². The summed E-state index contributed by atoms with van der Waals surface area (Å²) in [7, 11) is 1.56. The van der Waals surface area contributed by atoms with Crippen LogP contribution in [0.4, 0.5) is 11.4 Å². The molecule has 0 saturated carbocycles. The van der Waals surface area contributed by atoms with E-state index < -0.39 is 11.2 Å². The SMILES string of the molecule is Cc1ccccc1Nc1cc(=O)n(C)c2c1c(=O)n(-c1ccccc1)c(=O)n2-c1ccccc1. The number of benzene rings is 3. The maximum absolute atomic E-state index is 13.9. The van der Waals surface area contributed by atoms with Crippen LogP contribution < -0.4 is 22.1 Å². The summed E-state index contributed by atoms with van der Waals surface area (Å²) in [5.74, 6) is 0. The zero-order valence-electron chi connectivity index (χ0n) is 18.7. The lowest BCUT2D eigenvalue weighted by Gasteiger charge is -2.19. The van der Waals surface area contributed by atoms with E-state index in [4.69, 9.17) is 0 Å². The molecule has 0 aliphatic carbocycles. The number of nitrogens with zero attached hydrogens (tertiary/aromatic N) is 3. The summed E-state index contributed by atoms with van der Waals surface area (Å²) in [4.78, 5) is 40.7. The maximum atomic E-state index is 13.9. The van der Waals surface area contributed by atoms with Crippen molar-refractivity contribution in [1.82, 2.24) is 13.7 Å². The van der Waals surface area contributed by atoms with Gasteiger partial charge in [-0.1, -0.05) is 54.6 Å². The molecule has 0 fully saturated rings. The van der Waals surface area contributed by atoms with Crippen LogP contribution in [0.1, 0.15) is 5.56 Å². The molecule has 0 atom stereocenters. The highest BCUT2D eigenvalue weighted by molar-refractivity contribution is 5.92. The van der Waals surface area contributed by atoms with E-state index in [0.29, 0.717) is 17.1 Å². The molecule has 0 saturated heterocycles. The standard InChI is InChI=1S/C27H22N4O3/c1-18-11-9-10-16-21(18)28-22-17-23(32)29(2)25-24(22)26(33)31(20-14-7-4-8-15-20)27(34)30(25)19-12-5-3-6-13-19/h3-17,28H,1-2H3. The van der Waals surface area contributed by atoms with Gasteiger partial charge in [0.15, 0.2) is 0 Å². The van der Waals surface area contributed by atoms with E-state index in [-0.39, 0.29) is 16.6 Å². The monoisotopic (exact) mass is 450 g/mol. The highest BCUT2D eigenvalue weighted by atomic mass is 16.2. The normalized spacial score (nSPS) is 11.0. The van der Waals surface area contributed by atoms with Crippen molar-refractivity contribution < 1.29 is 0 Å². The first-order valence-electron chi connectivity index (χ1n) is 10.8. The van der Waals surface area contributed by atoms with Crippen LogP contribution in [0.2, 0.25) is 0 Å². The Morgan fingerprint density at radius 3 is 1.85 bits per heavy atom. The minimum absolute atomic E-state index is 0.219. The number of anilines is 2. The van der Waals surface area contributed by atoms with Gasteiger partial charge in [0.1, 0.15) is 11.0 Å². The molecule has 0 aliphatic rings. The second-order valence-corrected chi connectivity index (χ2v) is 8.02. The quantitative estimate of drug-likeness (QED) is 0.451. The van der Waals surface area contributed by atoms with Crippen molar-refractivity contribution in [3.8, 4) is 11.4 Å². The molecule has 7 heteroatoms. The van der Waals surface area contributed by atoms with Crippen LogP contribution in [0.5, 0.6) is 0 Å². The number of nitrogens with one attached hydrogen (secondary N) is 1. The molecule has 168 valence electrons. The predicted molar refractivity (Wildman–Crippen MR) is 135 cm³/mol. The van der Waals surface area contributed by atoms with Crippen LogP contribution >= 0.6 is 0 Å². The van der Waals surface area contributed by atoms with Gasteiger partial charge >= 0.3 is 5.69 Å². The van der Waals surface area contributed by atoms with E-state index in [1.807, 2.05) is 43.3 Å². The average Bonchev–Trinajstić information content (AvgIpc) is 2.85. The Labute approximate surface area is 194 Å². The molecule has 1 N–H and O–H groups in total. The molecule has 3 aromatic carbocycles. The smallest absolute Gasteiger partial charge is 0.341 e. The zero-order valence-corrected chi connectivity index (χ0v) is 18.7. The molecular formula is C27H22N4O3. The Morgan fingerprint density at radius 2 is 1.24 bits per heavy atom. The molecule has 34 heavy (non-hydrogen) atoms. The zero-order chi connectivity index (χ0) is 23.8. The molecule has 0 radical (unpaired) electrons. The number of rotatable bonds is 4. The molecule has 0 amide bonds. The van der Waals surface area contributed by atoms with Gasteiger partial charge in [-0.3, -0.25) is 14.2 Å². The van der Waals surface area contributed by atoms with Gasteiger partial charge in [0.05, 0.1) is 17.1 Å².